The Balaban J connectivity index is 0.0000249. The molecule has 41 nitrogen and oxygen atoms in total. The molecule has 43 heteroatoms. The number of phenolic OH excluding ortho intramolecular Hbond substituents is 1. The van der Waals surface area contributed by atoms with Crippen LogP contribution in [-0.4, -0.2) is 257 Å². The predicted octanol–water partition coefficient (Wildman–Crippen LogP) is -1.41. The number of carboxylic acid groups (broad SMARTS) is 1. The van der Waals surface area contributed by atoms with Crippen molar-refractivity contribution in [2.24, 2.45) is 47.7 Å². The van der Waals surface area contributed by atoms with E-state index in [4.69, 9.17) is 28.3 Å². The van der Waals surface area contributed by atoms with Gasteiger partial charge in [0.15, 0.2) is 5.96 Å². The molecule has 0 aliphatic carbocycles. The molecule has 4 heterocycles. The molecular weight excluding hydrogens is 1680 g/mol. The van der Waals surface area contributed by atoms with Crippen LogP contribution in [0.5, 0.6) is 5.75 Å². The second-order valence-corrected chi connectivity index (χ2v) is 34.3. The molecule has 692 valence electrons. The van der Waals surface area contributed by atoms with Crippen molar-refractivity contribution >= 4 is 144 Å². The minimum Gasteiger partial charge on any atom is -0.508 e. The molecule has 3 aromatic carbocycles. The summed E-state index contributed by atoms with van der Waals surface area (Å²) in [6, 6.07) is -1.05. The van der Waals surface area contributed by atoms with E-state index >= 15 is 28.8 Å². The van der Waals surface area contributed by atoms with Gasteiger partial charge in [0.05, 0.1) is 25.3 Å². The van der Waals surface area contributed by atoms with Crippen LogP contribution in [-0.2, 0) is 109 Å². The quantitative estimate of drug-likeness (QED) is 0.0111. The lowest BCUT2D eigenvalue weighted by Crippen LogP contribution is -2.62. The number of guanidine groups is 1. The number of H-pyrrole nitrogens is 2. The standard InChI is InChI=1S/C83H117N23O18S2.CH4/c1-11-43(5)68(103-72(114)53(84)30-46-23-25-50(107)26-24-46)80(122)100-61-39-125-126-40-62(82(124)106(10)69(70(86)112)44(6)12-2)101-73(115)55(21-17-29-90-83(87)88)94-76(118)58(33-49-36-89-41-92-49)96-71(113)45(7)93-65(109)38-105(9)81(123)60(31-47-35-91-54-20-15-13-18-51(47)54)99-77(119)59(34-66(110)111)97-74(116)56(27-28-64(85)108)95-75(117)57(98-79(121)67(42(3)4)102-78(61)120)32-48-37-104(8)63-22-16-14-19-52(48)63;/h13-16,18-20,22-26,35-37,41-45,53,55-62,67-69,91,107H,11-12,17,21,27-34,38-40,84H2,1-10H3,(H2,85,108)(H2,86,112)(H,89,92)(H,93,109)(H,94,118)(H,95,117)(H,96,113)(H,97,116)(H,98,121)(H,99,119)(H,100,122)(H,101,115)(H,102,120)(H,103,114)(H,110,111)(H4,87,88,90);1H4. The molecule has 15 amide bonds. The summed E-state index contributed by atoms with van der Waals surface area (Å²) in [5.74, 6) is -20.1. The molecule has 127 heavy (non-hydrogen) atoms. The highest BCUT2D eigenvalue weighted by Gasteiger charge is 2.41. The number of carboxylic acids is 1. The third kappa shape index (κ3) is 30.5. The summed E-state index contributed by atoms with van der Waals surface area (Å²) in [7, 11) is 5.95. The fraction of sp³-hybridized carbons (Fsp3) is 0.500. The maximum Gasteiger partial charge on any atom is 0.305 e. The van der Waals surface area contributed by atoms with Gasteiger partial charge in [-0.15, -0.1) is 0 Å². The Hall–Kier alpha value is -12.8. The first-order valence-electron chi connectivity index (χ1n) is 41.2. The molecule has 1 saturated heterocycles. The fourth-order valence-corrected chi connectivity index (χ4v) is 16.5. The summed E-state index contributed by atoms with van der Waals surface area (Å²) in [6.07, 6.45) is 2.85. The van der Waals surface area contributed by atoms with E-state index in [1.165, 1.54) is 45.7 Å². The number of aromatic nitrogens is 4. The number of nitrogens with two attached hydrogens (primary N) is 4. The number of para-hydroxylation sites is 2. The molecule has 0 bridgehead atoms. The van der Waals surface area contributed by atoms with Crippen molar-refractivity contribution < 1.29 is 86.9 Å². The molecule has 1 aliphatic heterocycles. The Labute approximate surface area is 743 Å². The summed E-state index contributed by atoms with van der Waals surface area (Å²) in [6.45, 7) is 10.3. The monoisotopic (exact) mass is 1800 g/mol. The van der Waals surface area contributed by atoms with Gasteiger partial charge in [-0.2, -0.15) is 0 Å². The number of nitrogens with one attached hydrogen (secondary N) is 15. The number of amides is 15. The number of hydrogen-bond donors (Lipinski definition) is 21. The normalized spacial score (nSPS) is 21.7. The van der Waals surface area contributed by atoms with E-state index in [9.17, 15) is 58.2 Å². The molecule has 0 saturated carbocycles. The van der Waals surface area contributed by atoms with Crippen LogP contribution in [0.2, 0.25) is 0 Å². The van der Waals surface area contributed by atoms with Gasteiger partial charge in [0.1, 0.15) is 78.3 Å². The average molecular weight is 1810 g/mol. The van der Waals surface area contributed by atoms with Crippen LogP contribution in [0, 0.1) is 23.2 Å². The molecule has 0 spiro atoms. The maximum absolute atomic E-state index is 15.5. The number of aliphatic carboxylic acids is 1. The highest BCUT2D eigenvalue weighted by molar-refractivity contribution is 8.76. The van der Waals surface area contributed by atoms with Crippen LogP contribution in [0.3, 0.4) is 0 Å². The number of aromatic hydroxyl groups is 1. The van der Waals surface area contributed by atoms with E-state index in [1.807, 2.05) is 0 Å². The number of nitrogens with zero attached hydrogens (tertiary/aromatic N) is 4. The van der Waals surface area contributed by atoms with Crippen molar-refractivity contribution in [1.29, 1.82) is 5.41 Å². The smallest absolute Gasteiger partial charge is 0.305 e. The largest absolute Gasteiger partial charge is 0.508 e. The molecule has 7 rings (SSSR count). The maximum atomic E-state index is 15.5. The topological polar surface area (TPSA) is 642 Å². The molecule has 1 fully saturated rings. The summed E-state index contributed by atoms with van der Waals surface area (Å²) in [4.78, 5) is 245. The molecule has 1 aliphatic rings. The number of imidazole rings is 1. The van der Waals surface area contributed by atoms with Crippen LogP contribution in [0.1, 0.15) is 123 Å². The van der Waals surface area contributed by atoms with Crippen molar-refractivity contribution in [3.63, 3.8) is 0 Å². The number of rotatable bonds is 29. The summed E-state index contributed by atoms with van der Waals surface area (Å²) < 4.78 is 1.75. The van der Waals surface area contributed by atoms with Crippen LogP contribution in [0.15, 0.2) is 97.7 Å². The van der Waals surface area contributed by atoms with Crippen molar-refractivity contribution in [1.82, 2.24) is 93.1 Å². The molecule has 3 aromatic heterocycles. The number of benzene rings is 3. The van der Waals surface area contributed by atoms with E-state index in [0.717, 1.165) is 31.4 Å². The SMILES string of the molecule is C.CCC(C)C(NC(=O)C(N)Cc1ccc(O)cc1)C(=O)NC1CSSCC(C(=O)N(C)C(C(N)=O)C(C)CC)NC(=O)C(CCCNC(=N)N)NC(=O)C(Cc2cnc[nH]2)NC(=O)C(C)NC(=O)CN(C)C(=O)C(Cc2c[nH]c3ccccc23)NC(=O)C(CC(=O)O)NC(=O)C(CCC(N)=O)NC(=O)C(Cc2cn(C)c3ccccc23)NC(=O)C(C(C)C)NC1=O. The zero-order valence-corrected chi connectivity index (χ0v) is 73.6. The number of primary amides is 2. The number of likely N-dealkylation sites (N-methyl/N-ethyl adjacent to an activating group) is 2. The van der Waals surface area contributed by atoms with E-state index in [1.54, 1.807) is 126 Å². The van der Waals surface area contributed by atoms with Gasteiger partial charge in [0.25, 0.3) is 0 Å². The molecule has 15 unspecified atom stereocenters. The Bertz CT molecular complexity index is 4870. The second-order valence-electron chi connectivity index (χ2n) is 31.7. The Kier molecular flexibility index (Phi) is 39.9. The fourth-order valence-electron chi connectivity index (χ4n) is 14.2. The summed E-state index contributed by atoms with van der Waals surface area (Å²) in [5, 5.41) is 60.8. The van der Waals surface area contributed by atoms with E-state index < -0.39 is 234 Å². The molecular formula is C84H121N23O18S2. The minimum atomic E-state index is -2.07. The first kappa shape index (κ1) is 103. The zero-order chi connectivity index (χ0) is 92.9. The predicted molar refractivity (Wildman–Crippen MR) is 476 cm³/mol. The number of hydrogen-bond acceptors (Lipinski definition) is 22. The lowest BCUT2D eigenvalue weighted by molar-refractivity contribution is -0.142. The van der Waals surface area contributed by atoms with Gasteiger partial charge in [0, 0.05) is 111 Å². The van der Waals surface area contributed by atoms with Crippen molar-refractivity contribution in [2.75, 3.05) is 38.7 Å². The van der Waals surface area contributed by atoms with E-state index in [2.05, 4.69) is 78.8 Å². The van der Waals surface area contributed by atoms with E-state index in [0.29, 0.717) is 44.9 Å². The highest BCUT2D eigenvalue weighted by Crippen LogP contribution is 2.28. The first-order chi connectivity index (χ1) is 59.7. The second kappa shape index (κ2) is 49.2. The lowest BCUT2D eigenvalue weighted by Gasteiger charge is -2.33. The number of aryl methyl sites for hydroxylation is 1. The van der Waals surface area contributed by atoms with Gasteiger partial charge in [-0.3, -0.25) is 82.1 Å². The zero-order valence-electron chi connectivity index (χ0n) is 71.9. The third-order valence-corrected chi connectivity index (χ3v) is 24.1. The number of phenols is 1. The summed E-state index contributed by atoms with van der Waals surface area (Å²) in [5.41, 5.74) is 26.7. The molecule has 15 atom stereocenters. The third-order valence-electron chi connectivity index (χ3n) is 21.6. The van der Waals surface area contributed by atoms with Crippen molar-refractivity contribution in [3.05, 3.63) is 120 Å². The van der Waals surface area contributed by atoms with E-state index in [-0.39, 0.29) is 70.4 Å². The Morgan fingerprint density at radius 1 is 0.654 bits per heavy atom. The van der Waals surface area contributed by atoms with Crippen molar-refractivity contribution in [2.45, 2.75) is 205 Å². The minimum absolute atomic E-state index is 0. The van der Waals surface area contributed by atoms with Gasteiger partial charge in [-0.25, -0.2) is 4.98 Å². The molecule has 6 aromatic rings. The molecule has 0 radical (unpaired) electrons. The molecule has 25 N–H and O–H groups in total. The van der Waals surface area contributed by atoms with Crippen LogP contribution < -0.4 is 86.7 Å². The first-order valence-corrected chi connectivity index (χ1v) is 43.7. The van der Waals surface area contributed by atoms with Crippen LogP contribution in [0.4, 0.5) is 0 Å². The summed E-state index contributed by atoms with van der Waals surface area (Å²) >= 11 is 0. The number of aromatic amines is 2. The van der Waals surface area contributed by atoms with Crippen molar-refractivity contribution in [3.8, 4) is 5.75 Å². The van der Waals surface area contributed by atoms with Gasteiger partial charge in [-0.1, -0.05) is 132 Å². The number of carbonyl (C=O) groups excluding carboxylic acids is 15. The highest BCUT2D eigenvalue weighted by atomic mass is 33.1. The van der Waals surface area contributed by atoms with Crippen LogP contribution in [0.25, 0.3) is 21.8 Å². The number of carbonyl (C=O) groups is 16. The van der Waals surface area contributed by atoms with Gasteiger partial charge >= 0.3 is 5.97 Å². The lowest BCUT2D eigenvalue weighted by atomic mass is 9.97. The van der Waals surface area contributed by atoms with Gasteiger partial charge in [0.2, 0.25) is 88.6 Å². The van der Waals surface area contributed by atoms with Gasteiger partial charge < -0.3 is 121 Å². The Morgan fingerprint density at radius 3 is 1.85 bits per heavy atom. The van der Waals surface area contributed by atoms with Gasteiger partial charge in [-0.05, 0) is 91.3 Å². The average Bonchev–Trinajstić information content (AvgIpc) is 1.68. The number of fused-ring (bicyclic) bond motifs is 2. The Morgan fingerprint density at radius 2 is 1.23 bits per heavy atom. The van der Waals surface area contributed by atoms with Crippen LogP contribution >= 0.6 is 21.6 Å².